The molecule has 3 rings (SSSR count). The fourth-order valence-corrected chi connectivity index (χ4v) is 2.23. The molecule has 0 fully saturated rings. The molecule has 0 aliphatic carbocycles. The first-order valence-electron chi connectivity index (χ1n) is 7.35. The number of ether oxygens (including phenoxy) is 1. The van der Waals surface area contributed by atoms with E-state index in [1.54, 1.807) is 61.1 Å². The van der Waals surface area contributed by atoms with Crippen LogP contribution in [0.3, 0.4) is 0 Å². The second-order valence-corrected chi connectivity index (χ2v) is 5.09. The molecule has 0 atom stereocenters. The van der Waals surface area contributed by atoms with Crippen molar-refractivity contribution in [1.82, 2.24) is 9.97 Å². The van der Waals surface area contributed by atoms with E-state index < -0.39 is 0 Å². The quantitative estimate of drug-likeness (QED) is 0.694. The standard InChI is InChI=1S/C18H14N4O3/c19-17-16(18(24)22-14-5-7-20-8-6-14)9-13(10-21-17)12-1-3-15(4-2-12)25-11-23/h1-11H,(H2,19,21)(H,20,22,24). The van der Waals surface area contributed by atoms with Gasteiger partial charge in [0.15, 0.2) is 0 Å². The Morgan fingerprint density at radius 1 is 1.08 bits per heavy atom. The lowest BCUT2D eigenvalue weighted by Gasteiger charge is -2.09. The molecule has 0 saturated carbocycles. The van der Waals surface area contributed by atoms with Gasteiger partial charge >= 0.3 is 0 Å². The molecule has 0 bridgehead atoms. The maximum atomic E-state index is 12.4. The van der Waals surface area contributed by atoms with Crippen molar-refractivity contribution in [3.63, 3.8) is 0 Å². The van der Waals surface area contributed by atoms with Crippen LogP contribution in [0.2, 0.25) is 0 Å². The number of nitrogens with one attached hydrogen (secondary N) is 1. The number of benzene rings is 1. The molecule has 0 radical (unpaired) electrons. The summed E-state index contributed by atoms with van der Waals surface area (Å²) in [5, 5.41) is 2.75. The Hall–Kier alpha value is -3.74. The molecule has 124 valence electrons. The minimum absolute atomic E-state index is 0.135. The maximum absolute atomic E-state index is 12.4. The first-order chi connectivity index (χ1) is 12.2. The number of pyridine rings is 2. The van der Waals surface area contributed by atoms with Gasteiger partial charge in [-0.3, -0.25) is 14.6 Å². The summed E-state index contributed by atoms with van der Waals surface area (Å²) in [6.45, 7) is 0.362. The number of anilines is 2. The Morgan fingerprint density at radius 2 is 1.80 bits per heavy atom. The highest BCUT2D eigenvalue weighted by Crippen LogP contribution is 2.24. The van der Waals surface area contributed by atoms with E-state index in [1.807, 2.05) is 0 Å². The fourth-order valence-electron chi connectivity index (χ4n) is 2.23. The molecule has 0 spiro atoms. The molecule has 2 aromatic heterocycles. The Kier molecular flexibility index (Phi) is 4.66. The summed E-state index contributed by atoms with van der Waals surface area (Å²) in [5.41, 5.74) is 8.24. The minimum Gasteiger partial charge on any atom is -0.429 e. The summed E-state index contributed by atoms with van der Waals surface area (Å²) in [7, 11) is 0. The van der Waals surface area contributed by atoms with E-state index in [4.69, 9.17) is 10.5 Å². The zero-order valence-electron chi connectivity index (χ0n) is 13.0. The first kappa shape index (κ1) is 16.1. The van der Waals surface area contributed by atoms with Crippen molar-refractivity contribution in [2.75, 3.05) is 11.1 Å². The zero-order chi connectivity index (χ0) is 17.6. The molecule has 3 N–H and O–H groups in total. The van der Waals surface area contributed by atoms with E-state index in [2.05, 4.69) is 15.3 Å². The number of hydrogen-bond acceptors (Lipinski definition) is 6. The van der Waals surface area contributed by atoms with E-state index in [-0.39, 0.29) is 17.3 Å². The van der Waals surface area contributed by atoms with Gasteiger partial charge in [-0.05, 0) is 35.9 Å². The molecule has 0 unspecified atom stereocenters. The zero-order valence-corrected chi connectivity index (χ0v) is 13.0. The van der Waals surface area contributed by atoms with Crippen LogP contribution < -0.4 is 15.8 Å². The number of amides is 1. The molecule has 7 heteroatoms. The third-order valence-electron chi connectivity index (χ3n) is 3.47. The molecular weight excluding hydrogens is 320 g/mol. The largest absolute Gasteiger partial charge is 0.429 e. The molecule has 25 heavy (non-hydrogen) atoms. The van der Waals surface area contributed by atoms with E-state index >= 15 is 0 Å². The van der Waals surface area contributed by atoms with E-state index in [9.17, 15) is 9.59 Å². The molecule has 0 aliphatic rings. The lowest BCUT2D eigenvalue weighted by Crippen LogP contribution is -2.15. The van der Waals surface area contributed by atoms with Crippen LogP contribution >= 0.6 is 0 Å². The summed E-state index contributed by atoms with van der Waals surface area (Å²) in [4.78, 5) is 30.8. The van der Waals surface area contributed by atoms with Crippen LogP contribution in [0.1, 0.15) is 10.4 Å². The number of nitrogens with zero attached hydrogens (tertiary/aromatic N) is 2. The SMILES string of the molecule is Nc1ncc(-c2ccc(OC=O)cc2)cc1C(=O)Nc1ccncc1. The van der Waals surface area contributed by atoms with Crippen molar-refractivity contribution in [3.8, 4) is 16.9 Å². The van der Waals surface area contributed by atoms with Gasteiger partial charge in [0.05, 0.1) is 5.56 Å². The second-order valence-electron chi connectivity index (χ2n) is 5.09. The molecule has 3 aromatic rings. The number of carbonyl (C=O) groups excluding carboxylic acids is 2. The van der Waals surface area contributed by atoms with Gasteiger partial charge in [-0.1, -0.05) is 12.1 Å². The summed E-state index contributed by atoms with van der Waals surface area (Å²) in [6, 6.07) is 11.8. The Bertz CT molecular complexity index is 896. The topological polar surface area (TPSA) is 107 Å². The third kappa shape index (κ3) is 3.78. The number of rotatable bonds is 5. The summed E-state index contributed by atoms with van der Waals surface area (Å²) in [5.74, 6) is 0.202. The van der Waals surface area contributed by atoms with Gasteiger partial charge in [-0.2, -0.15) is 0 Å². The van der Waals surface area contributed by atoms with Gasteiger partial charge in [0.1, 0.15) is 11.6 Å². The van der Waals surface area contributed by atoms with Crippen LogP contribution in [0.15, 0.2) is 61.1 Å². The average Bonchev–Trinajstić information content (AvgIpc) is 2.64. The summed E-state index contributed by atoms with van der Waals surface area (Å²) >= 11 is 0. The van der Waals surface area contributed by atoms with Gasteiger partial charge in [0, 0.05) is 29.8 Å². The van der Waals surface area contributed by atoms with Crippen LogP contribution in [-0.4, -0.2) is 22.3 Å². The lowest BCUT2D eigenvalue weighted by molar-refractivity contribution is -0.120. The Balaban J connectivity index is 1.87. The van der Waals surface area contributed by atoms with Gasteiger partial charge in [0.2, 0.25) is 0 Å². The molecule has 1 aromatic carbocycles. The fraction of sp³-hybridized carbons (Fsp3) is 0. The number of carbonyl (C=O) groups is 2. The van der Waals surface area contributed by atoms with Crippen molar-refractivity contribution >= 4 is 23.9 Å². The second kappa shape index (κ2) is 7.22. The molecular formula is C18H14N4O3. The van der Waals surface area contributed by atoms with Crippen LogP contribution in [-0.2, 0) is 4.79 Å². The van der Waals surface area contributed by atoms with Crippen LogP contribution in [0, 0.1) is 0 Å². The van der Waals surface area contributed by atoms with E-state index in [0.29, 0.717) is 23.5 Å². The number of aromatic nitrogens is 2. The van der Waals surface area contributed by atoms with E-state index in [0.717, 1.165) is 5.56 Å². The van der Waals surface area contributed by atoms with Crippen LogP contribution in [0.5, 0.6) is 5.75 Å². The van der Waals surface area contributed by atoms with Crippen molar-refractivity contribution in [2.45, 2.75) is 0 Å². The van der Waals surface area contributed by atoms with Crippen LogP contribution in [0.25, 0.3) is 11.1 Å². The Morgan fingerprint density at radius 3 is 2.48 bits per heavy atom. The number of hydrogen-bond donors (Lipinski definition) is 2. The van der Waals surface area contributed by atoms with Crippen LogP contribution in [0.4, 0.5) is 11.5 Å². The predicted molar refractivity (Wildman–Crippen MR) is 93.0 cm³/mol. The molecule has 0 aliphatic heterocycles. The number of nitrogen functional groups attached to an aromatic ring is 1. The highest BCUT2D eigenvalue weighted by Gasteiger charge is 2.13. The lowest BCUT2D eigenvalue weighted by atomic mass is 10.0. The molecule has 1 amide bonds. The average molecular weight is 334 g/mol. The number of nitrogens with two attached hydrogens (primary N) is 1. The van der Waals surface area contributed by atoms with Gasteiger partial charge in [0.25, 0.3) is 12.4 Å². The predicted octanol–water partition coefficient (Wildman–Crippen LogP) is 2.51. The highest BCUT2D eigenvalue weighted by molar-refractivity contribution is 6.07. The monoisotopic (exact) mass is 334 g/mol. The van der Waals surface area contributed by atoms with Crippen molar-refractivity contribution < 1.29 is 14.3 Å². The van der Waals surface area contributed by atoms with Gasteiger partial charge < -0.3 is 15.8 Å². The summed E-state index contributed by atoms with van der Waals surface area (Å²) < 4.78 is 4.76. The van der Waals surface area contributed by atoms with Crippen molar-refractivity contribution in [3.05, 3.63) is 66.6 Å². The first-order valence-corrected chi connectivity index (χ1v) is 7.35. The van der Waals surface area contributed by atoms with Crippen molar-refractivity contribution in [2.24, 2.45) is 0 Å². The maximum Gasteiger partial charge on any atom is 0.298 e. The van der Waals surface area contributed by atoms with Gasteiger partial charge in [-0.25, -0.2) is 4.98 Å². The molecule has 2 heterocycles. The normalized spacial score (nSPS) is 10.1. The van der Waals surface area contributed by atoms with Gasteiger partial charge in [-0.15, -0.1) is 0 Å². The van der Waals surface area contributed by atoms with E-state index in [1.165, 1.54) is 0 Å². The smallest absolute Gasteiger partial charge is 0.298 e. The summed E-state index contributed by atoms with van der Waals surface area (Å²) in [6.07, 6.45) is 4.74. The minimum atomic E-state index is -0.362. The highest BCUT2D eigenvalue weighted by atomic mass is 16.5. The molecule has 7 nitrogen and oxygen atoms in total. The molecule has 0 saturated heterocycles. The third-order valence-corrected chi connectivity index (χ3v) is 3.47. The van der Waals surface area contributed by atoms with Crippen molar-refractivity contribution in [1.29, 1.82) is 0 Å². The Labute approximate surface area is 143 Å².